The van der Waals surface area contributed by atoms with Crippen molar-refractivity contribution >= 4 is 40.7 Å². The Morgan fingerprint density at radius 1 is 1.11 bits per heavy atom. The van der Waals surface area contributed by atoms with Crippen LogP contribution in [-0.2, 0) is 27.4 Å². The van der Waals surface area contributed by atoms with Gasteiger partial charge in [0.1, 0.15) is 6.04 Å². The van der Waals surface area contributed by atoms with Crippen LogP contribution in [-0.4, -0.2) is 34.6 Å². The molecule has 2 atom stereocenters. The minimum Gasteiger partial charge on any atom is -0.382 e. The van der Waals surface area contributed by atoms with Crippen LogP contribution in [0.5, 0.6) is 0 Å². The van der Waals surface area contributed by atoms with Crippen molar-refractivity contribution in [2.75, 3.05) is 0 Å². The summed E-state index contributed by atoms with van der Waals surface area (Å²) >= 11 is 12.2. The number of benzene rings is 2. The number of fused-ring (bicyclic) bond motifs is 1. The molecule has 0 aliphatic carbocycles. The molecule has 0 fully saturated rings. The molecule has 6 nitrogen and oxygen atoms in total. The van der Waals surface area contributed by atoms with Crippen LogP contribution >= 0.6 is 23.2 Å². The van der Waals surface area contributed by atoms with Gasteiger partial charge < -0.3 is 15.5 Å². The first-order valence-corrected chi connectivity index (χ1v) is 9.54. The quantitative estimate of drug-likeness (QED) is 0.832. The van der Waals surface area contributed by atoms with Crippen molar-refractivity contribution in [2.24, 2.45) is 10.9 Å². The van der Waals surface area contributed by atoms with Crippen LogP contribution < -0.4 is 5.73 Å². The molecule has 8 heteroatoms. The molecule has 2 N–H and O–H groups in total. The van der Waals surface area contributed by atoms with E-state index >= 15 is 0 Å². The molecule has 0 bridgehead atoms. The monoisotopic (exact) mass is 417 g/mol. The highest BCUT2D eigenvalue weighted by molar-refractivity contribution is 6.37. The van der Waals surface area contributed by atoms with Crippen molar-refractivity contribution in [2.45, 2.75) is 31.5 Å². The summed E-state index contributed by atoms with van der Waals surface area (Å²) in [4.78, 5) is 32.0. The van der Waals surface area contributed by atoms with Crippen molar-refractivity contribution < 1.29 is 14.4 Å². The number of nitrogens with zero attached hydrogens (tertiary/aromatic N) is 2. The maximum atomic E-state index is 13.1. The van der Waals surface area contributed by atoms with Gasteiger partial charge in [0.05, 0.1) is 10.7 Å². The topological polar surface area (TPSA) is 85.0 Å². The van der Waals surface area contributed by atoms with Crippen molar-refractivity contribution in [3.8, 4) is 0 Å². The highest BCUT2D eigenvalue weighted by Crippen LogP contribution is 2.29. The minimum atomic E-state index is -0.825. The number of hydrogen-bond acceptors (Lipinski definition) is 4. The van der Waals surface area contributed by atoms with E-state index in [-0.39, 0.29) is 12.3 Å². The number of hydrogen-bond donors (Lipinski definition) is 1. The molecule has 2 amide bonds. The zero-order valence-electron chi connectivity index (χ0n) is 14.8. The third-order valence-corrected chi connectivity index (χ3v) is 5.59. The van der Waals surface area contributed by atoms with E-state index in [9.17, 15) is 9.59 Å². The summed E-state index contributed by atoms with van der Waals surface area (Å²) in [5.41, 5.74) is 8.81. The van der Waals surface area contributed by atoms with Gasteiger partial charge in [-0.15, -0.1) is 0 Å². The highest BCUT2D eigenvalue weighted by atomic mass is 35.5. The van der Waals surface area contributed by atoms with Crippen LogP contribution in [0.15, 0.2) is 47.6 Å². The zero-order chi connectivity index (χ0) is 19.8. The lowest BCUT2D eigenvalue weighted by atomic mass is 9.92. The summed E-state index contributed by atoms with van der Waals surface area (Å²) in [7, 11) is 0. The average molecular weight is 418 g/mol. The zero-order valence-corrected chi connectivity index (χ0v) is 16.3. The summed E-state index contributed by atoms with van der Waals surface area (Å²) in [6.07, 6.45) is -0.182. The largest absolute Gasteiger partial charge is 0.382 e. The molecule has 2 aromatic rings. The molecule has 0 unspecified atom stereocenters. The number of amides is 2. The van der Waals surface area contributed by atoms with E-state index in [4.69, 9.17) is 33.8 Å². The minimum absolute atomic E-state index is 0.254. The Bertz CT molecular complexity index is 992. The fourth-order valence-corrected chi connectivity index (χ4v) is 4.10. The van der Waals surface area contributed by atoms with Gasteiger partial charge in [0.2, 0.25) is 12.0 Å². The van der Waals surface area contributed by atoms with Gasteiger partial charge in [-0.25, -0.2) is 0 Å². The van der Waals surface area contributed by atoms with Crippen LogP contribution in [0.1, 0.15) is 23.1 Å². The molecule has 2 heterocycles. The number of nitrogens with two attached hydrogens (primary N) is 1. The third kappa shape index (κ3) is 3.45. The molecule has 2 aliphatic heterocycles. The number of halogens is 2. The average Bonchev–Trinajstić information content (AvgIpc) is 3.16. The van der Waals surface area contributed by atoms with Crippen LogP contribution in [0.25, 0.3) is 0 Å². The van der Waals surface area contributed by atoms with Crippen LogP contribution in [0.3, 0.4) is 0 Å². The molecule has 0 saturated carbocycles. The lowest BCUT2D eigenvalue weighted by Crippen LogP contribution is -2.53. The lowest BCUT2D eigenvalue weighted by molar-refractivity contribution is -0.149. The predicted octanol–water partition coefficient (Wildman–Crippen LogP) is 2.93. The Balaban J connectivity index is 1.54. The first-order valence-electron chi connectivity index (χ1n) is 8.78. The molecule has 0 saturated heterocycles. The maximum Gasteiger partial charge on any atom is 0.267 e. The second kappa shape index (κ2) is 7.45. The maximum absolute atomic E-state index is 13.1. The van der Waals surface area contributed by atoms with Crippen LogP contribution in [0.4, 0.5) is 0 Å². The van der Waals surface area contributed by atoms with Gasteiger partial charge in [-0.3, -0.25) is 9.59 Å². The van der Waals surface area contributed by atoms with Crippen molar-refractivity contribution in [1.82, 2.24) is 4.90 Å². The van der Waals surface area contributed by atoms with Gasteiger partial charge in [0, 0.05) is 30.0 Å². The smallest absolute Gasteiger partial charge is 0.267 e. The standard InChI is InChI=1S/C20H17Cl2N3O3/c21-13-5-6-14(15(22)8-13)16-9-18(28-24-16)20(27)25-10-12-4-2-1-3-11(12)7-17(25)19(23)26/h1-6,8,17-18H,7,9-10H2,(H2,23,26)/t17-,18+/m0/s1. The van der Waals surface area contributed by atoms with Crippen LogP contribution in [0.2, 0.25) is 10.0 Å². The van der Waals surface area contributed by atoms with E-state index in [0.717, 1.165) is 11.1 Å². The van der Waals surface area contributed by atoms with Crippen LogP contribution in [0, 0.1) is 0 Å². The molecular formula is C20H17Cl2N3O3. The number of oxime groups is 1. The summed E-state index contributed by atoms with van der Waals surface area (Å²) in [5.74, 6) is -0.857. The van der Waals surface area contributed by atoms with E-state index in [2.05, 4.69) is 5.16 Å². The van der Waals surface area contributed by atoms with Gasteiger partial charge in [-0.1, -0.05) is 58.7 Å². The van der Waals surface area contributed by atoms with Gasteiger partial charge in [0.25, 0.3) is 5.91 Å². The third-order valence-electron chi connectivity index (χ3n) is 5.05. The molecule has 2 aliphatic rings. The Labute approximate surface area is 171 Å². The fourth-order valence-electron chi connectivity index (χ4n) is 3.59. The number of primary amides is 1. The Morgan fingerprint density at radius 2 is 1.86 bits per heavy atom. The molecule has 0 radical (unpaired) electrons. The summed E-state index contributed by atoms with van der Waals surface area (Å²) in [6, 6.07) is 12.0. The Morgan fingerprint density at radius 3 is 2.57 bits per heavy atom. The molecule has 4 rings (SSSR count). The number of rotatable bonds is 3. The van der Waals surface area contributed by atoms with E-state index in [0.29, 0.717) is 34.3 Å². The van der Waals surface area contributed by atoms with Crippen molar-refractivity contribution in [3.63, 3.8) is 0 Å². The van der Waals surface area contributed by atoms with Gasteiger partial charge in [0.15, 0.2) is 0 Å². The Kier molecular flexibility index (Phi) is 5.00. The fraction of sp³-hybridized carbons (Fsp3) is 0.250. The second-order valence-corrected chi connectivity index (χ2v) is 7.66. The molecule has 28 heavy (non-hydrogen) atoms. The lowest BCUT2D eigenvalue weighted by Gasteiger charge is -2.36. The van der Waals surface area contributed by atoms with E-state index in [1.165, 1.54) is 4.90 Å². The van der Waals surface area contributed by atoms with Gasteiger partial charge >= 0.3 is 0 Å². The normalized spacial score (nSPS) is 20.9. The van der Waals surface area contributed by atoms with E-state index in [1.54, 1.807) is 18.2 Å². The molecule has 0 aromatic heterocycles. The van der Waals surface area contributed by atoms with E-state index < -0.39 is 18.1 Å². The molecule has 0 spiro atoms. The van der Waals surface area contributed by atoms with E-state index in [1.807, 2.05) is 24.3 Å². The summed E-state index contributed by atoms with van der Waals surface area (Å²) in [6.45, 7) is 0.305. The van der Waals surface area contributed by atoms with Crippen molar-refractivity contribution in [3.05, 3.63) is 69.2 Å². The predicted molar refractivity (Wildman–Crippen MR) is 106 cm³/mol. The van der Waals surface area contributed by atoms with Gasteiger partial charge in [-0.05, 0) is 23.3 Å². The molecular weight excluding hydrogens is 401 g/mol. The molecule has 144 valence electrons. The molecule has 2 aromatic carbocycles. The number of carbonyl (C=O) groups excluding carboxylic acids is 2. The first kappa shape index (κ1) is 18.8. The van der Waals surface area contributed by atoms with Gasteiger partial charge in [-0.2, -0.15) is 0 Å². The first-order chi connectivity index (χ1) is 13.4. The second-order valence-electron chi connectivity index (χ2n) is 6.82. The number of carbonyl (C=O) groups is 2. The highest BCUT2D eigenvalue weighted by Gasteiger charge is 2.39. The van der Waals surface area contributed by atoms with Crippen molar-refractivity contribution in [1.29, 1.82) is 0 Å². The summed E-state index contributed by atoms with van der Waals surface area (Å²) in [5, 5.41) is 4.98. The summed E-state index contributed by atoms with van der Waals surface area (Å²) < 4.78 is 0. The SMILES string of the molecule is NC(=O)[C@@H]1Cc2ccccc2CN1C(=O)[C@H]1CC(c2ccc(Cl)cc2Cl)=NO1. The Hall–Kier alpha value is -2.57.